The molecule has 0 amide bonds. The lowest BCUT2D eigenvalue weighted by molar-refractivity contribution is 0.135. The summed E-state index contributed by atoms with van der Waals surface area (Å²) in [7, 11) is -3.39. The third-order valence-corrected chi connectivity index (χ3v) is 5.53. The van der Waals surface area contributed by atoms with Crippen LogP contribution in [0.3, 0.4) is 0 Å². The number of nitrogens with two attached hydrogens (primary N) is 1. The molecule has 1 unspecified atom stereocenters. The third-order valence-electron chi connectivity index (χ3n) is 3.65. The van der Waals surface area contributed by atoms with Gasteiger partial charge in [-0.05, 0) is 37.7 Å². The molecule has 2 rings (SSSR count). The van der Waals surface area contributed by atoms with Gasteiger partial charge in [0, 0.05) is 31.4 Å². The van der Waals surface area contributed by atoms with Gasteiger partial charge in [0.25, 0.3) is 0 Å². The Morgan fingerprint density at radius 2 is 1.89 bits per heavy atom. The van der Waals surface area contributed by atoms with E-state index in [1.54, 1.807) is 28.6 Å². The van der Waals surface area contributed by atoms with Gasteiger partial charge in [0.05, 0.1) is 4.90 Å². The first-order valence-electron chi connectivity index (χ1n) is 6.55. The van der Waals surface area contributed by atoms with E-state index in [0.29, 0.717) is 23.7 Å². The Bertz CT molecular complexity index is 527. The van der Waals surface area contributed by atoms with Gasteiger partial charge in [0.2, 0.25) is 10.0 Å². The minimum Gasteiger partial charge on any atom is -0.399 e. The largest absolute Gasteiger partial charge is 0.399 e. The Balaban J connectivity index is 2.19. The minimum absolute atomic E-state index is 0.252. The van der Waals surface area contributed by atoms with Gasteiger partial charge in [-0.3, -0.25) is 4.90 Å². The number of likely N-dealkylation sites (N-methyl/N-ethyl adjacent to an activating group) is 1. The van der Waals surface area contributed by atoms with Crippen molar-refractivity contribution in [2.24, 2.45) is 0 Å². The van der Waals surface area contributed by atoms with Crippen molar-refractivity contribution in [2.45, 2.75) is 24.8 Å². The average molecular weight is 283 g/mol. The first-order chi connectivity index (χ1) is 8.95. The molecule has 2 N–H and O–H groups in total. The molecular weight excluding hydrogens is 262 g/mol. The van der Waals surface area contributed by atoms with Crippen molar-refractivity contribution >= 4 is 15.7 Å². The Kier molecular flexibility index (Phi) is 4.13. The molecule has 0 spiro atoms. The van der Waals surface area contributed by atoms with Crippen molar-refractivity contribution < 1.29 is 8.42 Å². The van der Waals surface area contributed by atoms with Gasteiger partial charge >= 0.3 is 0 Å². The van der Waals surface area contributed by atoms with E-state index < -0.39 is 10.0 Å². The maximum Gasteiger partial charge on any atom is 0.243 e. The number of sulfonamides is 1. The predicted octanol–water partition coefficient (Wildman–Crippen LogP) is 0.983. The van der Waals surface area contributed by atoms with Crippen LogP contribution in [0.25, 0.3) is 0 Å². The third kappa shape index (κ3) is 2.91. The van der Waals surface area contributed by atoms with Crippen molar-refractivity contribution in [3.05, 3.63) is 24.3 Å². The van der Waals surface area contributed by atoms with Crippen molar-refractivity contribution in [3.63, 3.8) is 0 Å². The lowest BCUT2D eigenvalue weighted by Gasteiger charge is -2.38. The van der Waals surface area contributed by atoms with E-state index in [0.717, 1.165) is 13.1 Å². The van der Waals surface area contributed by atoms with Gasteiger partial charge in [-0.15, -0.1) is 0 Å². The second-order valence-corrected chi connectivity index (χ2v) is 6.85. The lowest BCUT2D eigenvalue weighted by Crippen LogP contribution is -2.53. The van der Waals surface area contributed by atoms with E-state index in [1.807, 2.05) is 0 Å². The summed E-state index contributed by atoms with van der Waals surface area (Å²) in [5.41, 5.74) is 6.16. The fraction of sp³-hybridized carbons (Fsp3) is 0.538. The van der Waals surface area contributed by atoms with Gasteiger partial charge in [0.1, 0.15) is 0 Å². The molecule has 1 aromatic carbocycles. The highest BCUT2D eigenvalue weighted by molar-refractivity contribution is 7.89. The van der Waals surface area contributed by atoms with Crippen LogP contribution in [0.4, 0.5) is 5.69 Å². The molecule has 0 aromatic heterocycles. The topological polar surface area (TPSA) is 66.6 Å². The van der Waals surface area contributed by atoms with Gasteiger partial charge in [-0.2, -0.15) is 4.31 Å². The molecule has 5 nitrogen and oxygen atoms in total. The number of hydrogen-bond acceptors (Lipinski definition) is 4. The maximum absolute atomic E-state index is 12.5. The van der Waals surface area contributed by atoms with E-state index >= 15 is 0 Å². The molecule has 19 heavy (non-hydrogen) atoms. The Labute approximate surface area is 115 Å². The van der Waals surface area contributed by atoms with E-state index in [1.165, 1.54) is 0 Å². The SMILES string of the molecule is CCN1CCN(S(=O)(=O)c2ccc(N)cc2)CC1C. The first-order valence-corrected chi connectivity index (χ1v) is 7.99. The number of nitrogen functional groups attached to an aromatic ring is 1. The fourth-order valence-electron chi connectivity index (χ4n) is 2.44. The summed E-state index contributed by atoms with van der Waals surface area (Å²) < 4.78 is 26.6. The summed E-state index contributed by atoms with van der Waals surface area (Å²) in [6, 6.07) is 6.64. The van der Waals surface area contributed by atoms with Crippen LogP contribution in [0.15, 0.2) is 29.2 Å². The van der Waals surface area contributed by atoms with E-state index in [-0.39, 0.29) is 6.04 Å². The second kappa shape index (κ2) is 5.48. The van der Waals surface area contributed by atoms with Crippen LogP contribution < -0.4 is 5.73 Å². The van der Waals surface area contributed by atoms with Crippen LogP contribution in [0.2, 0.25) is 0 Å². The number of rotatable bonds is 3. The molecule has 1 atom stereocenters. The molecule has 0 saturated carbocycles. The zero-order valence-electron chi connectivity index (χ0n) is 11.4. The number of hydrogen-bond donors (Lipinski definition) is 1. The molecule has 1 saturated heterocycles. The molecular formula is C13H21N3O2S. The van der Waals surface area contributed by atoms with Crippen LogP contribution in [0, 0.1) is 0 Å². The molecule has 0 bridgehead atoms. The summed E-state index contributed by atoms with van der Waals surface area (Å²) in [4.78, 5) is 2.61. The van der Waals surface area contributed by atoms with E-state index in [4.69, 9.17) is 5.73 Å². The first kappa shape index (κ1) is 14.3. The van der Waals surface area contributed by atoms with Crippen LogP contribution in [0.1, 0.15) is 13.8 Å². The molecule has 106 valence electrons. The molecule has 6 heteroatoms. The molecule has 1 aliphatic rings. The maximum atomic E-state index is 12.5. The zero-order chi connectivity index (χ0) is 14.0. The average Bonchev–Trinajstić information content (AvgIpc) is 2.39. The molecule has 0 aliphatic carbocycles. The number of benzene rings is 1. The fourth-order valence-corrected chi connectivity index (χ4v) is 3.95. The summed E-state index contributed by atoms with van der Waals surface area (Å²) in [6.45, 7) is 6.99. The van der Waals surface area contributed by atoms with Gasteiger partial charge in [0.15, 0.2) is 0 Å². The monoisotopic (exact) mass is 283 g/mol. The quantitative estimate of drug-likeness (QED) is 0.840. The van der Waals surface area contributed by atoms with Crippen LogP contribution in [0.5, 0.6) is 0 Å². The van der Waals surface area contributed by atoms with Gasteiger partial charge < -0.3 is 5.73 Å². The zero-order valence-corrected chi connectivity index (χ0v) is 12.2. The van der Waals surface area contributed by atoms with Crippen molar-refractivity contribution in [3.8, 4) is 0 Å². The Morgan fingerprint density at radius 1 is 1.26 bits per heavy atom. The Hall–Kier alpha value is -1.11. The van der Waals surface area contributed by atoms with Crippen molar-refractivity contribution in [1.82, 2.24) is 9.21 Å². The standard InChI is InChI=1S/C13H21N3O2S/c1-3-15-8-9-16(10-11(15)2)19(17,18)13-6-4-12(14)5-7-13/h4-7,11H,3,8-10,14H2,1-2H3. The predicted molar refractivity (Wildman–Crippen MR) is 76.3 cm³/mol. The smallest absolute Gasteiger partial charge is 0.243 e. The highest BCUT2D eigenvalue weighted by Crippen LogP contribution is 2.20. The van der Waals surface area contributed by atoms with Gasteiger partial charge in [-0.25, -0.2) is 8.42 Å². The van der Waals surface area contributed by atoms with Crippen molar-refractivity contribution in [1.29, 1.82) is 0 Å². The number of anilines is 1. The van der Waals surface area contributed by atoms with Crippen molar-refractivity contribution in [2.75, 3.05) is 31.9 Å². The minimum atomic E-state index is -3.39. The summed E-state index contributed by atoms with van der Waals surface area (Å²) in [5, 5.41) is 0. The lowest BCUT2D eigenvalue weighted by atomic mass is 10.2. The van der Waals surface area contributed by atoms with E-state index in [9.17, 15) is 8.42 Å². The van der Waals surface area contributed by atoms with Gasteiger partial charge in [-0.1, -0.05) is 6.92 Å². The molecule has 1 aliphatic heterocycles. The highest BCUT2D eigenvalue weighted by Gasteiger charge is 2.31. The second-order valence-electron chi connectivity index (χ2n) is 4.91. The molecule has 1 heterocycles. The number of nitrogens with zero attached hydrogens (tertiary/aromatic N) is 2. The summed E-state index contributed by atoms with van der Waals surface area (Å²) in [5.74, 6) is 0. The molecule has 0 radical (unpaired) electrons. The Morgan fingerprint density at radius 3 is 2.42 bits per heavy atom. The normalized spacial score (nSPS) is 22.5. The number of piperazine rings is 1. The van der Waals surface area contributed by atoms with Crippen LogP contribution in [-0.2, 0) is 10.0 Å². The van der Waals surface area contributed by atoms with E-state index in [2.05, 4.69) is 18.7 Å². The molecule has 1 aromatic rings. The summed E-state index contributed by atoms with van der Waals surface area (Å²) in [6.07, 6.45) is 0. The molecule has 1 fully saturated rings. The van der Waals surface area contributed by atoms with Crippen LogP contribution >= 0.6 is 0 Å². The van der Waals surface area contributed by atoms with Crippen LogP contribution in [-0.4, -0.2) is 49.8 Å². The highest BCUT2D eigenvalue weighted by atomic mass is 32.2. The summed E-state index contributed by atoms with van der Waals surface area (Å²) >= 11 is 0.